The van der Waals surface area contributed by atoms with Crippen molar-refractivity contribution in [1.82, 2.24) is 0 Å². The second kappa shape index (κ2) is 4.52. The Balaban J connectivity index is 2.24. The van der Waals surface area contributed by atoms with Gasteiger partial charge in [-0.15, -0.1) is 0 Å². The molecule has 0 radical (unpaired) electrons. The lowest BCUT2D eigenvalue weighted by Gasteiger charge is -2.06. The number of nitrogen functional groups attached to an aromatic ring is 1. The molecular formula is C12H10N2O3. The van der Waals surface area contributed by atoms with Crippen molar-refractivity contribution in [3.05, 3.63) is 58.6 Å². The summed E-state index contributed by atoms with van der Waals surface area (Å²) in [5.41, 5.74) is 5.52. The highest BCUT2D eigenvalue weighted by molar-refractivity contribution is 5.61. The molecule has 0 spiro atoms. The summed E-state index contributed by atoms with van der Waals surface area (Å²) < 4.78 is 5.49. The molecule has 0 unspecified atom stereocenters. The van der Waals surface area contributed by atoms with Crippen molar-refractivity contribution in [3.8, 4) is 11.5 Å². The van der Waals surface area contributed by atoms with Crippen LogP contribution in [0.25, 0.3) is 0 Å². The molecule has 2 aromatic carbocycles. The Hall–Kier alpha value is -2.56. The van der Waals surface area contributed by atoms with Gasteiger partial charge in [0.1, 0.15) is 17.2 Å². The summed E-state index contributed by atoms with van der Waals surface area (Å²) in [4.78, 5) is 10.0. The Morgan fingerprint density at radius 1 is 1.06 bits per heavy atom. The largest absolute Gasteiger partial charge is 0.457 e. The van der Waals surface area contributed by atoms with E-state index in [1.54, 1.807) is 12.1 Å². The summed E-state index contributed by atoms with van der Waals surface area (Å²) in [6.45, 7) is 0. The number of ether oxygens (including phenoxy) is 1. The molecule has 2 rings (SSSR count). The Kier molecular flexibility index (Phi) is 2.91. The van der Waals surface area contributed by atoms with E-state index in [1.165, 1.54) is 18.2 Å². The van der Waals surface area contributed by atoms with Gasteiger partial charge in [0.25, 0.3) is 5.69 Å². The quantitative estimate of drug-likeness (QED) is 0.499. The summed E-state index contributed by atoms with van der Waals surface area (Å²) in [5, 5.41) is 10.6. The van der Waals surface area contributed by atoms with Crippen molar-refractivity contribution in [2.24, 2.45) is 0 Å². The second-order valence-corrected chi connectivity index (χ2v) is 3.39. The SMILES string of the molecule is Nc1cc(Oc2ccccc2)ccc1[N+](=O)[O-]. The van der Waals surface area contributed by atoms with E-state index in [2.05, 4.69) is 0 Å². The van der Waals surface area contributed by atoms with E-state index < -0.39 is 4.92 Å². The third-order valence-corrected chi connectivity index (χ3v) is 2.17. The van der Waals surface area contributed by atoms with E-state index in [4.69, 9.17) is 10.5 Å². The van der Waals surface area contributed by atoms with Gasteiger partial charge in [-0.3, -0.25) is 10.1 Å². The zero-order valence-corrected chi connectivity index (χ0v) is 8.87. The molecule has 0 aliphatic rings. The van der Waals surface area contributed by atoms with E-state index in [0.717, 1.165) is 0 Å². The van der Waals surface area contributed by atoms with Crippen LogP contribution in [0.1, 0.15) is 0 Å². The van der Waals surface area contributed by atoms with E-state index in [0.29, 0.717) is 11.5 Å². The fraction of sp³-hybridized carbons (Fsp3) is 0. The fourth-order valence-corrected chi connectivity index (χ4v) is 1.39. The zero-order chi connectivity index (χ0) is 12.3. The summed E-state index contributed by atoms with van der Waals surface area (Å²) in [6, 6.07) is 13.4. The van der Waals surface area contributed by atoms with Gasteiger partial charge in [-0.2, -0.15) is 0 Å². The van der Waals surface area contributed by atoms with Crippen molar-refractivity contribution in [2.45, 2.75) is 0 Å². The maximum atomic E-state index is 10.6. The summed E-state index contributed by atoms with van der Waals surface area (Å²) in [5.74, 6) is 1.13. The lowest BCUT2D eigenvalue weighted by molar-refractivity contribution is -0.383. The topological polar surface area (TPSA) is 78.4 Å². The molecule has 0 aromatic heterocycles. The minimum atomic E-state index is -0.526. The first-order valence-electron chi connectivity index (χ1n) is 4.93. The van der Waals surface area contributed by atoms with Gasteiger partial charge in [0.2, 0.25) is 0 Å². The van der Waals surface area contributed by atoms with Gasteiger partial charge in [-0.05, 0) is 18.2 Å². The predicted octanol–water partition coefficient (Wildman–Crippen LogP) is 2.97. The summed E-state index contributed by atoms with van der Waals surface area (Å²) >= 11 is 0. The summed E-state index contributed by atoms with van der Waals surface area (Å²) in [6.07, 6.45) is 0. The number of nitro groups is 1. The smallest absolute Gasteiger partial charge is 0.292 e. The average Bonchev–Trinajstić information content (AvgIpc) is 2.30. The van der Waals surface area contributed by atoms with Crippen molar-refractivity contribution in [2.75, 3.05) is 5.73 Å². The van der Waals surface area contributed by atoms with Crippen LogP contribution in [0.3, 0.4) is 0 Å². The molecule has 2 N–H and O–H groups in total. The van der Waals surface area contributed by atoms with Crippen LogP contribution in [0.15, 0.2) is 48.5 Å². The lowest BCUT2D eigenvalue weighted by atomic mass is 10.2. The number of nitro benzene ring substituents is 1. The number of nitrogens with zero attached hydrogens (tertiary/aromatic N) is 1. The van der Waals surface area contributed by atoms with Gasteiger partial charge in [-0.25, -0.2) is 0 Å². The molecule has 0 aliphatic carbocycles. The molecule has 5 heteroatoms. The van der Waals surface area contributed by atoms with Crippen molar-refractivity contribution < 1.29 is 9.66 Å². The van der Waals surface area contributed by atoms with Crippen LogP contribution >= 0.6 is 0 Å². The van der Waals surface area contributed by atoms with Crippen LogP contribution in [0.5, 0.6) is 11.5 Å². The molecule has 0 saturated carbocycles. The lowest BCUT2D eigenvalue weighted by Crippen LogP contribution is -1.95. The minimum absolute atomic E-state index is 0.0865. The normalized spacial score (nSPS) is 9.88. The first-order chi connectivity index (χ1) is 8.16. The molecule has 0 heterocycles. The first kappa shape index (κ1) is 10.9. The van der Waals surface area contributed by atoms with Crippen LogP contribution < -0.4 is 10.5 Å². The molecule has 0 atom stereocenters. The zero-order valence-electron chi connectivity index (χ0n) is 8.87. The molecule has 2 aromatic rings. The molecule has 17 heavy (non-hydrogen) atoms. The number of hydrogen-bond donors (Lipinski definition) is 1. The Morgan fingerprint density at radius 2 is 1.76 bits per heavy atom. The fourth-order valence-electron chi connectivity index (χ4n) is 1.39. The van der Waals surface area contributed by atoms with E-state index in [9.17, 15) is 10.1 Å². The molecule has 5 nitrogen and oxygen atoms in total. The number of rotatable bonds is 3. The summed E-state index contributed by atoms with van der Waals surface area (Å²) in [7, 11) is 0. The maximum absolute atomic E-state index is 10.6. The van der Waals surface area contributed by atoms with Crippen LogP contribution in [-0.4, -0.2) is 4.92 Å². The van der Waals surface area contributed by atoms with Crippen molar-refractivity contribution >= 4 is 11.4 Å². The van der Waals surface area contributed by atoms with Gasteiger partial charge in [0.05, 0.1) is 4.92 Å². The average molecular weight is 230 g/mol. The van der Waals surface area contributed by atoms with Gasteiger partial charge < -0.3 is 10.5 Å². The van der Waals surface area contributed by atoms with E-state index >= 15 is 0 Å². The Morgan fingerprint density at radius 3 is 2.35 bits per heavy atom. The van der Waals surface area contributed by atoms with Crippen LogP contribution in [0, 0.1) is 10.1 Å². The molecule has 0 amide bonds. The van der Waals surface area contributed by atoms with Crippen LogP contribution in [-0.2, 0) is 0 Å². The number of para-hydroxylation sites is 1. The monoisotopic (exact) mass is 230 g/mol. The molecule has 0 saturated heterocycles. The van der Waals surface area contributed by atoms with Crippen LogP contribution in [0.4, 0.5) is 11.4 Å². The van der Waals surface area contributed by atoms with Gasteiger partial charge in [-0.1, -0.05) is 18.2 Å². The number of nitrogens with two attached hydrogens (primary N) is 1. The van der Waals surface area contributed by atoms with Crippen molar-refractivity contribution in [1.29, 1.82) is 0 Å². The van der Waals surface area contributed by atoms with Crippen LogP contribution in [0.2, 0.25) is 0 Å². The Bertz CT molecular complexity index is 541. The number of anilines is 1. The van der Waals surface area contributed by atoms with E-state index in [1.807, 2.05) is 18.2 Å². The van der Waals surface area contributed by atoms with Gasteiger partial charge in [0, 0.05) is 12.1 Å². The number of benzene rings is 2. The predicted molar refractivity (Wildman–Crippen MR) is 64.0 cm³/mol. The maximum Gasteiger partial charge on any atom is 0.292 e. The number of hydrogen-bond acceptors (Lipinski definition) is 4. The van der Waals surface area contributed by atoms with Gasteiger partial charge in [0.15, 0.2) is 0 Å². The highest BCUT2D eigenvalue weighted by Gasteiger charge is 2.11. The first-order valence-corrected chi connectivity index (χ1v) is 4.93. The molecule has 0 fully saturated rings. The minimum Gasteiger partial charge on any atom is -0.457 e. The molecule has 0 aliphatic heterocycles. The molecular weight excluding hydrogens is 220 g/mol. The Labute approximate surface area is 97.6 Å². The molecule has 0 bridgehead atoms. The highest BCUT2D eigenvalue weighted by atomic mass is 16.6. The third-order valence-electron chi connectivity index (χ3n) is 2.17. The molecule has 86 valence electrons. The van der Waals surface area contributed by atoms with Gasteiger partial charge >= 0.3 is 0 Å². The standard InChI is InChI=1S/C12H10N2O3/c13-11-8-10(6-7-12(11)14(15)16)17-9-4-2-1-3-5-9/h1-8H,13H2. The third kappa shape index (κ3) is 2.52. The van der Waals surface area contributed by atoms with Crippen molar-refractivity contribution in [3.63, 3.8) is 0 Å². The highest BCUT2D eigenvalue weighted by Crippen LogP contribution is 2.28. The van der Waals surface area contributed by atoms with E-state index in [-0.39, 0.29) is 11.4 Å². The second-order valence-electron chi connectivity index (χ2n) is 3.39.